The molecule has 290 valence electrons. The van der Waals surface area contributed by atoms with Crippen molar-refractivity contribution in [3.63, 3.8) is 0 Å². The molecule has 3 amide bonds. The van der Waals surface area contributed by atoms with E-state index in [4.69, 9.17) is 0 Å². The quantitative estimate of drug-likeness (QED) is 0.305. The predicted octanol–water partition coefficient (Wildman–Crippen LogP) is 3.68. The van der Waals surface area contributed by atoms with Gasteiger partial charge < -0.3 is 25.1 Å². The van der Waals surface area contributed by atoms with E-state index in [9.17, 15) is 23.9 Å². The second kappa shape index (κ2) is 14.4. The highest BCUT2D eigenvalue weighted by Crippen LogP contribution is 2.41. The number of phenolic OH excluding ortho intramolecular Hbond substituents is 1. The van der Waals surface area contributed by atoms with Gasteiger partial charge in [0.1, 0.15) is 6.04 Å². The Morgan fingerprint density at radius 2 is 1.62 bits per heavy atom. The molecule has 1 aliphatic carbocycles. The number of carbonyl (C=O) groups excluding carboxylic acids is 3. The fourth-order valence-corrected chi connectivity index (χ4v) is 9.97. The second-order valence-corrected chi connectivity index (χ2v) is 16.8. The summed E-state index contributed by atoms with van der Waals surface area (Å²) in [4.78, 5) is 49.1. The lowest BCUT2D eigenvalue weighted by Gasteiger charge is -2.53. The normalized spacial score (nSPS) is 27.3. The molecule has 0 spiro atoms. The number of halogens is 1. The highest BCUT2D eigenvalue weighted by Gasteiger charge is 2.43. The maximum absolute atomic E-state index is 14.1. The molecule has 3 saturated heterocycles. The molecule has 1 saturated carbocycles. The Morgan fingerprint density at radius 3 is 2.38 bits per heavy atom. The molecule has 2 aromatic carbocycles. The Balaban J connectivity index is 0.737. The minimum atomic E-state index is -0.669. The number of para-hydroxylation sites is 1. The molecular weight excluding hydrogens is 702 g/mol. The summed E-state index contributed by atoms with van der Waals surface area (Å²) >= 11 is 0. The van der Waals surface area contributed by atoms with Crippen LogP contribution in [0.5, 0.6) is 5.75 Å². The summed E-state index contributed by atoms with van der Waals surface area (Å²) < 4.78 is 14.1. The number of amides is 3. The molecule has 14 heteroatoms. The molecule has 6 heterocycles. The van der Waals surface area contributed by atoms with Crippen molar-refractivity contribution >= 4 is 34.9 Å². The van der Waals surface area contributed by atoms with Gasteiger partial charge in [0.25, 0.3) is 5.91 Å². The largest absolute Gasteiger partial charge is 0.504 e. The molecule has 55 heavy (non-hydrogen) atoms. The standard InChI is InChI=1S/C41H50FN9O4/c1-41-24-43-38-35(20-33(45-46-38)30-3-2-4-32(42)37(30)53)51(41)18-15-48(25-41)22-27-7-5-26(6-8-27)21-47-13-16-49(17-14-47)29-10-9-28-23-50(40(55)31(28)19-29)34-11-12-36(52)44-39(34)54/h2-4,9-10,19-20,26-27,34,53H,5-8,11-18,21-25H2,1H3,(H,43,46)(H,44,52,54)/t26?,27?,34?,41-/m1/s1. The lowest BCUT2D eigenvalue weighted by Crippen LogP contribution is -2.66. The third kappa shape index (κ3) is 6.88. The van der Waals surface area contributed by atoms with Crippen LogP contribution in [0.15, 0.2) is 42.5 Å². The van der Waals surface area contributed by atoms with Crippen molar-refractivity contribution in [2.75, 3.05) is 80.6 Å². The number of phenols is 1. The maximum Gasteiger partial charge on any atom is 0.255 e. The summed E-state index contributed by atoms with van der Waals surface area (Å²) in [5.74, 6) is 0.310. The fourth-order valence-electron chi connectivity index (χ4n) is 9.97. The third-order valence-electron chi connectivity index (χ3n) is 13.1. The molecule has 13 nitrogen and oxygen atoms in total. The molecule has 0 bridgehead atoms. The monoisotopic (exact) mass is 751 g/mol. The van der Waals surface area contributed by atoms with Gasteiger partial charge in [0.05, 0.1) is 16.9 Å². The topological polar surface area (TPSA) is 137 Å². The van der Waals surface area contributed by atoms with Crippen LogP contribution in [0.2, 0.25) is 0 Å². The number of hydrogen-bond acceptors (Lipinski definition) is 11. The van der Waals surface area contributed by atoms with Crippen LogP contribution in [-0.4, -0.2) is 125 Å². The predicted molar refractivity (Wildman–Crippen MR) is 206 cm³/mol. The number of aromatic hydroxyl groups is 1. The number of aromatic nitrogens is 2. The number of fused-ring (bicyclic) bond motifs is 4. The van der Waals surface area contributed by atoms with Crippen molar-refractivity contribution in [1.29, 1.82) is 0 Å². The van der Waals surface area contributed by atoms with Crippen LogP contribution in [0.1, 0.15) is 61.4 Å². The first-order valence-corrected chi connectivity index (χ1v) is 20.0. The number of piperidine rings is 1. The highest BCUT2D eigenvalue weighted by atomic mass is 19.1. The van der Waals surface area contributed by atoms with Crippen LogP contribution in [-0.2, 0) is 16.1 Å². The van der Waals surface area contributed by atoms with E-state index in [1.807, 2.05) is 18.2 Å². The van der Waals surface area contributed by atoms with E-state index in [0.29, 0.717) is 35.7 Å². The van der Waals surface area contributed by atoms with Crippen molar-refractivity contribution in [3.8, 4) is 17.0 Å². The van der Waals surface area contributed by atoms with Crippen molar-refractivity contribution < 1.29 is 23.9 Å². The van der Waals surface area contributed by atoms with Crippen molar-refractivity contribution in [3.05, 3.63) is 59.4 Å². The molecule has 3 aromatic rings. The minimum absolute atomic E-state index is 0.121. The molecule has 0 radical (unpaired) electrons. The van der Waals surface area contributed by atoms with E-state index in [0.717, 1.165) is 94.1 Å². The van der Waals surface area contributed by atoms with Crippen molar-refractivity contribution in [2.24, 2.45) is 11.8 Å². The summed E-state index contributed by atoms with van der Waals surface area (Å²) in [7, 11) is 0. The molecule has 1 unspecified atom stereocenters. The lowest BCUT2D eigenvalue weighted by atomic mass is 9.81. The molecule has 6 aliphatic rings. The summed E-state index contributed by atoms with van der Waals surface area (Å²) in [5, 5.41) is 24.9. The molecule has 1 aromatic heterocycles. The van der Waals surface area contributed by atoms with Gasteiger partial charge in [-0.2, -0.15) is 0 Å². The van der Waals surface area contributed by atoms with Gasteiger partial charge in [0, 0.05) is 95.2 Å². The van der Waals surface area contributed by atoms with Gasteiger partial charge in [0.15, 0.2) is 17.4 Å². The highest BCUT2D eigenvalue weighted by molar-refractivity contribution is 6.05. The Morgan fingerprint density at radius 1 is 0.873 bits per heavy atom. The molecule has 4 fully saturated rings. The zero-order chi connectivity index (χ0) is 37.8. The Hall–Kier alpha value is -4.82. The lowest BCUT2D eigenvalue weighted by molar-refractivity contribution is -0.136. The smallest absolute Gasteiger partial charge is 0.255 e. The summed E-state index contributed by atoms with van der Waals surface area (Å²) in [6, 6.07) is 11.9. The first kappa shape index (κ1) is 35.9. The number of anilines is 3. The van der Waals surface area contributed by atoms with Gasteiger partial charge in [-0.1, -0.05) is 12.1 Å². The van der Waals surface area contributed by atoms with Gasteiger partial charge in [0.2, 0.25) is 11.8 Å². The Kier molecular flexibility index (Phi) is 9.36. The Labute approximate surface area is 320 Å². The van der Waals surface area contributed by atoms with Crippen LogP contribution >= 0.6 is 0 Å². The fraction of sp³-hybridized carbons (Fsp3) is 0.537. The molecule has 5 aliphatic heterocycles. The summed E-state index contributed by atoms with van der Waals surface area (Å²) in [5.41, 5.74) is 4.30. The van der Waals surface area contributed by atoms with Crippen LogP contribution in [0, 0.1) is 17.7 Å². The van der Waals surface area contributed by atoms with Gasteiger partial charge in [-0.15, -0.1) is 10.2 Å². The van der Waals surface area contributed by atoms with E-state index in [1.54, 1.807) is 17.0 Å². The van der Waals surface area contributed by atoms with Crippen LogP contribution in [0.3, 0.4) is 0 Å². The van der Waals surface area contributed by atoms with Crippen molar-refractivity contribution in [2.45, 2.75) is 63.6 Å². The van der Waals surface area contributed by atoms with E-state index in [2.05, 4.69) is 53.4 Å². The van der Waals surface area contributed by atoms with Gasteiger partial charge >= 0.3 is 0 Å². The van der Waals surface area contributed by atoms with Crippen LogP contribution in [0.4, 0.5) is 21.6 Å². The number of benzene rings is 2. The third-order valence-corrected chi connectivity index (χ3v) is 13.1. The van der Waals surface area contributed by atoms with Gasteiger partial charge in [-0.25, -0.2) is 4.39 Å². The number of imide groups is 1. The SMILES string of the molecule is C[C@]12CNc3nnc(-c4cccc(F)c4O)cc3N1CCN(CC1CCC(CN3CCN(c4ccc5c(c4)C(=O)N(C4CCC(=O)NC4=O)C5)CC3)CC1)C2. The summed E-state index contributed by atoms with van der Waals surface area (Å²) in [6.07, 6.45) is 5.69. The second-order valence-electron chi connectivity index (χ2n) is 16.8. The van der Waals surface area contributed by atoms with E-state index < -0.39 is 17.6 Å². The number of carbonyl (C=O) groups is 3. The number of nitrogens with zero attached hydrogens (tertiary/aromatic N) is 7. The van der Waals surface area contributed by atoms with Crippen LogP contribution in [0.25, 0.3) is 11.3 Å². The number of hydrogen-bond donors (Lipinski definition) is 3. The molecule has 9 rings (SSSR count). The summed E-state index contributed by atoms with van der Waals surface area (Å²) in [6.45, 7) is 12.4. The molecular formula is C41H50FN9O4. The zero-order valence-corrected chi connectivity index (χ0v) is 31.5. The van der Waals surface area contributed by atoms with Crippen LogP contribution < -0.4 is 20.4 Å². The van der Waals surface area contributed by atoms with E-state index in [1.165, 1.54) is 31.7 Å². The zero-order valence-electron chi connectivity index (χ0n) is 31.5. The molecule has 3 N–H and O–H groups in total. The van der Waals surface area contributed by atoms with Gasteiger partial charge in [-0.3, -0.25) is 29.5 Å². The average molecular weight is 752 g/mol. The number of nitrogens with one attached hydrogen (secondary N) is 2. The molecule has 2 atom stereocenters. The Bertz CT molecular complexity index is 2000. The first-order chi connectivity index (χ1) is 26.6. The number of piperazine rings is 2. The van der Waals surface area contributed by atoms with Crippen molar-refractivity contribution in [1.82, 2.24) is 30.2 Å². The maximum atomic E-state index is 14.1. The van der Waals surface area contributed by atoms with E-state index >= 15 is 0 Å². The number of rotatable bonds is 7. The first-order valence-electron chi connectivity index (χ1n) is 20.0. The minimum Gasteiger partial charge on any atom is -0.504 e. The average Bonchev–Trinajstić information content (AvgIpc) is 3.51. The van der Waals surface area contributed by atoms with Gasteiger partial charge in [-0.05, 0) is 86.8 Å². The van der Waals surface area contributed by atoms with E-state index in [-0.39, 0.29) is 29.7 Å².